The molecule has 0 fully saturated rings. The minimum Gasteiger partial charge on any atom is -0.463 e. The Morgan fingerprint density at radius 3 is 2.37 bits per heavy atom. The molecule has 0 aliphatic rings. The summed E-state index contributed by atoms with van der Waals surface area (Å²) in [5.74, 6) is 0.621. The predicted molar refractivity (Wildman–Crippen MR) is 105 cm³/mol. The average molecular weight is 407 g/mol. The molecule has 0 atom stereocenters. The molecule has 1 amide bonds. The van der Waals surface area contributed by atoms with Crippen LogP contribution in [0.3, 0.4) is 0 Å². The Morgan fingerprint density at radius 2 is 1.70 bits per heavy atom. The summed E-state index contributed by atoms with van der Waals surface area (Å²) in [6.07, 6.45) is 4.30. The van der Waals surface area contributed by atoms with Gasteiger partial charge in [0.15, 0.2) is 11.5 Å². The minimum atomic E-state index is -0.389. The third kappa shape index (κ3) is 4.27. The van der Waals surface area contributed by atoms with E-state index in [0.717, 1.165) is 0 Å². The molecule has 4 aromatic rings. The van der Waals surface area contributed by atoms with E-state index in [1.54, 1.807) is 30.3 Å². The van der Waals surface area contributed by atoms with E-state index in [1.165, 1.54) is 40.2 Å². The van der Waals surface area contributed by atoms with E-state index in [0.29, 0.717) is 22.9 Å². The first kappa shape index (κ1) is 19.1. The van der Waals surface area contributed by atoms with Crippen molar-refractivity contribution in [2.75, 3.05) is 6.54 Å². The Hall–Kier alpha value is -4.21. The molecule has 0 spiro atoms. The summed E-state index contributed by atoms with van der Waals surface area (Å²) in [7, 11) is 0. The number of carbonyl (C=O) groups is 1. The second-order valence-corrected chi connectivity index (χ2v) is 6.32. The summed E-state index contributed by atoms with van der Waals surface area (Å²) in [5, 5.41) is 6.89. The number of nitrogens with one attached hydrogen (secondary N) is 1. The molecule has 4 heterocycles. The van der Waals surface area contributed by atoms with Crippen molar-refractivity contribution in [1.82, 2.24) is 24.6 Å². The highest BCUT2D eigenvalue weighted by atomic mass is 16.3. The zero-order chi connectivity index (χ0) is 20.9. The van der Waals surface area contributed by atoms with Gasteiger partial charge in [-0.05, 0) is 30.3 Å². The van der Waals surface area contributed by atoms with Gasteiger partial charge in [0.1, 0.15) is 17.9 Å². The van der Waals surface area contributed by atoms with Gasteiger partial charge in [0.05, 0.1) is 25.4 Å². The lowest BCUT2D eigenvalue weighted by Gasteiger charge is -2.09. The van der Waals surface area contributed by atoms with E-state index in [4.69, 9.17) is 8.83 Å². The van der Waals surface area contributed by atoms with Gasteiger partial charge in [-0.25, -0.2) is 9.67 Å². The van der Waals surface area contributed by atoms with Crippen LogP contribution in [0.25, 0.3) is 22.9 Å². The first-order chi connectivity index (χ1) is 14.6. The van der Waals surface area contributed by atoms with Crippen molar-refractivity contribution < 1.29 is 13.6 Å². The molecule has 152 valence electrons. The van der Waals surface area contributed by atoms with Crippen LogP contribution < -0.4 is 16.4 Å². The highest BCUT2D eigenvalue weighted by molar-refractivity contribution is 5.75. The molecule has 1 N–H and O–H groups in total. The molecule has 0 unspecified atom stereocenters. The number of carbonyl (C=O) groups excluding carboxylic acids is 1. The number of aromatic nitrogens is 4. The van der Waals surface area contributed by atoms with Gasteiger partial charge in [-0.2, -0.15) is 5.10 Å². The minimum absolute atomic E-state index is 0.167. The van der Waals surface area contributed by atoms with Crippen molar-refractivity contribution in [3.63, 3.8) is 0 Å². The quantitative estimate of drug-likeness (QED) is 0.487. The van der Waals surface area contributed by atoms with Crippen LogP contribution in [0.5, 0.6) is 0 Å². The monoisotopic (exact) mass is 407 g/mol. The number of rotatable bonds is 7. The number of amides is 1. The summed E-state index contributed by atoms with van der Waals surface area (Å²) in [6, 6.07) is 11.1. The van der Waals surface area contributed by atoms with E-state index in [1.807, 2.05) is 0 Å². The highest BCUT2D eigenvalue weighted by Crippen LogP contribution is 2.15. The summed E-state index contributed by atoms with van der Waals surface area (Å²) in [4.78, 5) is 40.5. The third-order valence-electron chi connectivity index (χ3n) is 4.25. The zero-order valence-electron chi connectivity index (χ0n) is 15.7. The second kappa shape index (κ2) is 8.43. The van der Waals surface area contributed by atoms with Gasteiger partial charge < -0.3 is 14.2 Å². The number of nitrogens with zero attached hydrogens (tertiary/aromatic N) is 4. The lowest BCUT2D eigenvalue weighted by atomic mass is 10.3. The van der Waals surface area contributed by atoms with E-state index in [-0.39, 0.29) is 36.7 Å². The van der Waals surface area contributed by atoms with E-state index < -0.39 is 0 Å². The van der Waals surface area contributed by atoms with Crippen molar-refractivity contribution in [2.45, 2.75) is 13.1 Å². The molecule has 0 bridgehead atoms. The standard InChI is InChI=1S/C20H17N5O5/c26-18(12-24-13-22-15(11-20(24)28)17-4-2-10-30-17)21-7-8-25-19(27)6-5-14(23-25)16-3-1-9-29-16/h1-6,9-11,13H,7-8,12H2,(H,21,26). The summed E-state index contributed by atoms with van der Waals surface area (Å²) in [5.41, 5.74) is 0.229. The summed E-state index contributed by atoms with van der Waals surface area (Å²) in [6.45, 7) is 0.142. The SMILES string of the molecule is O=C(Cn1cnc(-c2ccco2)cc1=O)NCCn1nc(-c2ccco2)ccc1=O. The molecule has 30 heavy (non-hydrogen) atoms. The molecule has 0 saturated carbocycles. The van der Waals surface area contributed by atoms with Gasteiger partial charge in [-0.15, -0.1) is 0 Å². The molecule has 10 nitrogen and oxygen atoms in total. The van der Waals surface area contributed by atoms with E-state index >= 15 is 0 Å². The fourth-order valence-electron chi connectivity index (χ4n) is 2.78. The van der Waals surface area contributed by atoms with Crippen molar-refractivity contribution in [3.05, 3.63) is 82.0 Å². The Balaban J connectivity index is 1.35. The molecule has 10 heteroatoms. The Labute approximate surface area is 169 Å². The lowest BCUT2D eigenvalue weighted by molar-refractivity contribution is -0.121. The molecule has 0 aliphatic heterocycles. The van der Waals surface area contributed by atoms with Gasteiger partial charge in [-0.1, -0.05) is 0 Å². The van der Waals surface area contributed by atoms with Crippen LogP contribution in [0, 0.1) is 0 Å². The molecule has 0 saturated heterocycles. The molecule has 0 aliphatic carbocycles. The van der Waals surface area contributed by atoms with Crippen LogP contribution >= 0.6 is 0 Å². The molecule has 0 radical (unpaired) electrons. The molecular formula is C20H17N5O5. The van der Waals surface area contributed by atoms with Gasteiger partial charge in [0.25, 0.3) is 11.1 Å². The Morgan fingerprint density at radius 1 is 0.967 bits per heavy atom. The third-order valence-corrected chi connectivity index (χ3v) is 4.25. The fraction of sp³-hybridized carbons (Fsp3) is 0.150. The van der Waals surface area contributed by atoms with Gasteiger partial charge in [0, 0.05) is 18.7 Å². The topological polar surface area (TPSA) is 125 Å². The molecular weight excluding hydrogens is 390 g/mol. The maximum atomic E-state index is 12.2. The fourth-order valence-corrected chi connectivity index (χ4v) is 2.78. The number of hydrogen-bond donors (Lipinski definition) is 1. The van der Waals surface area contributed by atoms with E-state index in [2.05, 4.69) is 15.4 Å². The van der Waals surface area contributed by atoms with Crippen LogP contribution in [0.4, 0.5) is 0 Å². The normalized spacial score (nSPS) is 10.8. The van der Waals surface area contributed by atoms with Crippen molar-refractivity contribution in [3.8, 4) is 22.9 Å². The molecule has 4 rings (SSSR count). The van der Waals surface area contributed by atoms with Gasteiger partial charge >= 0.3 is 0 Å². The maximum Gasteiger partial charge on any atom is 0.266 e. The Bertz CT molecular complexity index is 1260. The maximum absolute atomic E-state index is 12.2. The smallest absolute Gasteiger partial charge is 0.266 e. The van der Waals surface area contributed by atoms with Crippen LogP contribution in [0.15, 0.2) is 79.7 Å². The lowest BCUT2D eigenvalue weighted by Crippen LogP contribution is -2.35. The van der Waals surface area contributed by atoms with Crippen LogP contribution in [0.1, 0.15) is 0 Å². The average Bonchev–Trinajstić information content (AvgIpc) is 3.45. The first-order valence-electron chi connectivity index (χ1n) is 9.09. The van der Waals surface area contributed by atoms with Crippen LogP contribution in [-0.2, 0) is 17.9 Å². The van der Waals surface area contributed by atoms with E-state index in [9.17, 15) is 14.4 Å². The second-order valence-electron chi connectivity index (χ2n) is 6.32. The van der Waals surface area contributed by atoms with Gasteiger partial charge in [0.2, 0.25) is 5.91 Å². The zero-order valence-corrected chi connectivity index (χ0v) is 15.7. The molecule has 0 aromatic carbocycles. The van der Waals surface area contributed by atoms with Crippen molar-refractivity contribution in [2.24, 2.45) is 0 Å². The van der Waals surface area contributed by atoms with Crippen LogP contribution in [0.2, 0.25) is 0 Å². The highest BCUT2D eigenvalue weighted by Gasteiger charge is 2.09. The van der Waals surface area contributed by atoms with Crippen molar-refractivity contribution in [1.29, 1.82) is 0 Å². The molecule has 4 aromatic heterocycles. The largest absolute Gasteiger partial charge is 0.463 e. The Kier molecular flexibility index (Phi) is 5.37. The number of furan rings is 2. The van der Waals surface area contributed by atoms with Crippen LogP contribution in [-0.4, -0.2) is 31.8 Å². The predicted octanol–water partition coefficient (Wildman–Crippen LogP) is 1.14. The summed E-state index contributed by atoms with van der Waals surface area (Å²) >= 11 is 0. The summed E-state index contributed by atoms with van der Waals surface area (Å²) < 4.78 is 12.9. The first-order valence-corrected chi connectivity index (χ1v) is 9.09. The van der Waals surface area contributed by atoms with Crippen molar-refractivity contribution >= 4 is 5.91 Å². The number of hydrogen-bond acceptors (Lipinski definition) is 7. The van der Waals surface area contributed by atoms with Gasteiger partial charge in [-0.3, -0.25) is 19.0 Å².